The molecule has 0 nitrogen and oxygen atoms in total. The molecule has 0 aliphatic heterocycles. The fraction of sp³-hybridized carbons (Fsp3) is 0.333. The maximum atomic E-state index is 11.1. The summed E-state index contributed by atoms with van der Waals surface area (Å²) < 4.78 is 32.4. The van der Waals surface area contributed by atoms with Crippen molar-refractivity contribution in [3.63, 3.8) is 0 Å². The van der Waals surface area contributed by atoms with Crippen LogP contribution in [0.2, 0.25) is 0 Å². The molecule has 0 radical (unpaired) electrons. The minimum absolute atomic E-state index is 0.198. The smallest absolute Gasteiger partial charge is 0.167 e. The van der Waals surface area contributed by atoms with E-state index < -0.39 is 10.7 Å². The topological polar surface area (TPSA) is 0 Å². The second kappa shape index (κ2) is 2.60. The van der Waals surface area contributed by atoms with E-state index in [1.54, 1.807) is 0 Å². The van der Waals surface area contributed by atoms with Crippen LogP contribution >= 0.6 is 23.2 Å². The van der Waals surface area contributed by atoms with Crippen LogP contribution in [0.3, 0.4) is 0 Å². The summed E-state index contributed by atoms with van der Waals surface area (Å²) in [4.78, 5) is 0. The number of hydrogen-bond acceptors (Lipinski definition) is 0. The molecule has 0 fully saturated rings. The van der Waals surface area contributed by atoms with Crippen molar-refractivity contribution in [2.45, 2.75) is 6.18 Å². The molecule has 0 atom stereocenters. The molecular weight excluding hydrogens is 164 g/mol. The molecule has 0 amide bonds. The van der Waals surface area contributed by atoms with E-state index in [9.17, 15) is 13.2 Å². The van der Waals surface area contributed by atoms with Crippen molar-refractivity contribution in [2.75, 3.05) is 0 Å². The number of halogens is 5. The monoisotopic (exact) mass is 164 g/mol. The average Bonchev–Trinajstić information content (AvgIpc) is 1.21. The highest BCUT2D eigenvalue weighted by molar-refractivity contribution is 6.55. The van der Waals surface area contributed by atoms with Gasteiger partial charge in [0.05, 0.1) is 0 Å². The van der Waals surface area contributed by atoms with Gasteiger partial charge < -0.3 is 0 Å². The molecular formula is C3HCl2F3. The SMILES string of the molecule is FC(F)(F)C=C(Cl)Cl. The molecule has 8 heavy (non-hydrogen) atoms. The van der Waals surface area contributed by atoms with Gasteiger partial charge in [0, 0.05) is 6.08 Å². The van der Waals surface area contributed by atoms with Gasteiger partial charge in [0.25, 0.3) is 0 Å². The molecule has 0 bridgehead atoms. The predicted octanol–water partition coefficient (Wildman–Crippen LogP) is 2.87. The van der Waals surface area contributed by atoms with Gasteiger partial charge in [0.2, 0.25) is 0 Å². The molecule has 0 aromatic heterocycles. The third-order valence-electron chi connectivity index (χ3n) is 0.273. The van der Waals surface area contributed by atoms with Crippen LogP contribution < -0.4 is 0 Å². The van der Waals surface area contributed by atoms with Crippen LogP contribution in [0.4, 0.5) is 13.2 Å². The van der Waals surface area contributed by atoms with Gasteiger partial charge in [-0.15, -0.1) is 0 Å². The van der Waals surface area contributed by atoms with Crippen molar-refractivity contribution in [3.8, 4) is 0 Å². The summed E-state index contributed by atoms with van der Waals surface area (Å²) in [6, 6.07) is 0. The maximum Gasteiger partial charge on any atom is 0.412 e. The summed E-state index contributed by atoms with van der Waals surface area (Å²) in [7, 11) is 0. The van der Waals surface area contributed by atoms with Crippen molar-refractivity contribution < 1.29 is 13.2 Å². The quantitative estimate of drug-likeness (QED) is 0.517. The van der Waals surface area contributed by atoms with Crippen LogP contribution in [-0.4, -0.2) is 6.18 Å². The second-order valence-electron chi connectivity index (χ2n) is 0.976. The summed E-state index contributed by atoms with van der Waals surface area (Å²) in [6.07, 6.45) is -4.60. The molecule has 48 valence electrons. The molecule has 0 aromatic rings. The van der Waals surface area contributed by atoms with Crippen LogP contribution in [0, 0.1) is 0 Å². The number of alkyl halides is 3. The van der Waals surface area contributed by atoms with E-state index in [0.29, 0.717) is 0 Å². The van der Waals surface area contributed by atoms with Crippen molar-refractivity contribution in [3.05, 3.63) is 10.6 Å². The first kappa shape index (κ1) is 8.11. The standard InChI is InChI=1S/C3HCl2F3/c4-2(5)1-3(6,7)8/h1H. The van der Waals surface area contributed by atoms with Crippen LogP contribution in [0.1, 0.15) is 0 Å². The number of rotatable bonds is 0. The zero-order chi connectivity index (χ0) is 6.78. The van der Waals surface area contributed by atoms with Gasteiger partial charge in [-0.1, -0.05) is 23.2 Å². The summed E-state index contributed by atoms with van der Waals surface area (Å²) >= 11 is 9.34. The highest BCUT2D eigenvalue weighted by Gasteiger charge is 2.23. The Bertz CT molecular complexity index is 99.6. The first-order chi connectivity index (χ1) is 3.42. The van der Waals surface area contributed by atoms with Gasteiger partial charge >= 0.3 is 6.18 Å². The van der Waals surface area contributed by atoms with Gasteiger partial charge in [-0.05, 0) is 0 Å². The Kier molecular flexibility index (Phi) is 2.63. The summed E-state index contributed by atoms with van der Waals surface area (Å²) in [5, 5.41) is 0. The zero-order valence-corrected chi connectivity index (χ0v) is 4.98. The Hall–Kier alpha value is 0.110. The highest BCUT2D eigenvalue weighted by Crippen LogP contribution is 2.21. The lowest BCUT2D eigenvalue weighted by Crippen LogP contribution is -2.00. The minimum Gasteiger partial charge on any atom is -0.167 e. The maximum absolute atomic E-state index is 11.1. The molecule has 0 spiro atoms. The van der Waals surface area contributed by atoms with E-state index in [4.69, 9.17) is 0 Å². The van der Waals surface area contributed by atoms with Crippen molar-refractivity contribution in [1.82, 2.24) is 0 Å². The number of allylic oxidation sites excluding steroid dienone is 1. The lowest BCUT2D eigenvalue weighted by molar-refractivity contribution is -0.0798. The summed E-state index contributed by atoms with van der Waals surface area (Å²) in [5.74, 6) is 0. The summed E-state index contributed by atoms with van der Waals surface area (Å²) in [6.45, 7) is 0. The Morgan fingerprint density at radius 1 is 1.25 bits per heavy atom. The highest BCUT2D eigenvalue weighted by atomic mass is 35.5. The normalized spacial score (nSPS) is 11.1. The van der Waals surface area contributed by atoms with Crippen LogP contribution in [0.15, 0.2) is 10.6 Å². The molecule has 0 saturated heterocycles. The lowest BCUT2D eigenvalue weighted by Gasteiger charge is -1.94. The Balaban J connectivity index is 3.89. The third-order valence-corrected chi connectivity index (χ3v) is 0.491. The van der Waals surface area contributed by atoms with Gasteiger partial charge in [-0.2, -0.15) is 13.2 Å². The van der Waals surface area contributed by atoms with Gasteiger partial charge in [0.1, 0.15) is 4.49 Å². The molecule has 0 N–H and O–H groups in total. The first-order valence-corrected chi connectivity index (χ1v) is 2.28. The predicted molar refractivity (Wildman–Crippen MR) is 25.8 cm³/mol. The Morgan fingerprint density at radius 3 is 1.62 bits per heavy atom. The zero-order valence-electron chi connectivity index (χ0n) is 3.47. The fourth-order valence-corrected chi connectivity index (χ4v) is 0.371. The van der Waals surface area contributed by atoms with E-state index >= 15 is 0 Å². The molecule has 0 aliphatic rings. The van der Waals surface area contributed by atoms with E-state index in [0.717, 1.165) is 0 Å². The molecule has 0 saturated carbocycles. The van der Waals surface area contributed by atoms with Crippen molar-refractivity contribution in [1.29, 1.82) is 0 Å². The first-order valence-electron chi connectivity index (χ1n) is 1.52. The summed E-state index contributed by atoms with van der Waals surface area (Å²) in [5.41, 5.74) is 0. The molecule has 0 unspecified atom stereocenters. The van der Waals surface area contributed by atoms with Gasteiger partial charge in [-0.25, -0.2) is 0 Å². The molecule has 0 rings (SSSR count). The Labute approximate surface area is 53.9 Å². The van der Waals surface area contributed by atoms with Crippen LogP contribution in [0.25, 0.3) is 0 Å². The van der Waals surface area contributed by atoms with E-state index in [2.05, 4.69) is 23.2 Å². The van der Waals surface area contributed by atoms with Gasteiger partial charge in [-0.3, -0.25) is 0 Å². The van der Waals surface area contributed by atoms with E-state index in [1.165, 1.54) is 0 Å². The molecule has 5 heteroatoms. The lowest BCUT2D eigenvalue weighted by atomic mass is 10.6. The Morgan fingerprint density at radius 2 is 1.62 bits per heavy atom. The fourth-order valence-electron chi connectivity index (χ4n) is 0.124. The van der Waals surface area contributed by atoms with Crippen molar-refractivity contribution >= 4 is 23.2 Å². The second-order valence-corrected chi connectivity index (χ2v) is 1.98. The number of hydrogen-bond donors (Lipinski definition) is 0. The van der Waals surface area contributed by atoms with E-state index in [1.807, 2.05) is 0 Å². The minimum atomic E-state index is -4.40. The molecule has 0 heterocycles. The third kappa shape index (κ3) is 6.11. The van der Waals surface area contributed by atoms with Crippen LogP contribution in [-0.2, 0) is 0 Å². The largest absolute Gasteiger partial charge is 0.412 e. The van der Waals surface area contributed by atoms with E-state index in [-0.39, 0.29) is 6.08 Å². The molecule has 0 aliphatic carbocycles. The molecule has 0 aromatic carbocycles. The van der Waals surface area contributed by atoms with Crippen LogP contribution in [0.5, 0.6) is 0 Å². The average molecular weight is 165 g/mol. The van der Waals surface area contributed by atoms with Crippen molar-refractivity contribution in [2.24, 2.45) is 0 Å². The van der Waals surface area contributed by atoms with Gasteiger partial charge in [0.15, 0.2) is 0 Å².